The summed E-state index contributed by atoms with van der Waals surface area (Å²) in [5.74, 6) is -1.91. The largest absolute Gasteiger partial charge is 0.436 e. The van der Waals surface area contributed by atoms with Gasteiger partial charge in [-0.1, -0.05) is 12.8 Å². The molecule has 0 spiro atoms. The molecule has 6 rings (SSSR count). The minimum Gasteiger partial charge on any atom is -0.436 e. The fourth-order valence-electron chi connectivity index (χ4n) is 5.30. The first-order valence-corrected chi connectivity index (χ1v) is 13.4. The van der Waals surface area contributed by atoms with E-state index in [4.69, 9.17) is 4.74 Å². The van der Waals surface area contributed by atoms with Crippen molar-refractivity contribution in [1.29, 1.82) is 0 Å². The van der Waals surface area contributed by atoms with Crippen molar-refractivity contribution >= 4 is 11.6 Å². The zero-order valence-corrected chi connectivity index (χ0v) is 21.9. The maximum absolute atomic E-state index is 15.1. The van der Waals surface area contributed by atoms with Gasteiger partial charge in [0.15, 0.2) is 11.6 Å². The first-order valence-electron chi connectivity index (χ1n) is 13.4. The van der Waals surface area contributed by atoms with E-state index in [0.29, 0.717) is 13.0 Å². The number of benzene rings is 2. The van der Waals surface area contributed by atoms with Crippen LogP contribution in [0.15, 0.2) is 64.6 Å². The molecule has 0 saturated heterocycles. The molecule has 1 saturated carbocycles. The van der Waals surface area contributed by atoms with Crippen LogP contribution in [0.25, 0.3) is 5.69 Å². The molecule has 12 heteroatoms. The number of rotatable bonds is 6. The van der Waals surface area contributed by atoms with Gasteiger partial charge in [-0.05, 0) is 62.2 Å². The molecule has 2 aliphatic rings. The van der Waals surface area contributed by atoms with Gasteiger partial charge in [-0.2, -0.15) is 0 Å². The molecule has 0 atom stereocenters. The van der Waals surface area contributed by atoms with Crippen LogP contribution in [0.4, 0.5) is 14.5 Å². The fraction of sp³-hybridized carbons (Fsp3) is 0.276. The number of nitrogens with zero attached hydrogens (tertiary/aromatic N) is 4. The number of halogens is 2. The minimum absolute atomic E-state index is 0.0834. The highest BCUT2D eigenvalue weighted by atomic mass is 19.1. The summed E-state index contributed by atoms with van der Waals surface area (Å²) in [6.45, 7) is 1.29. The number of nitrogens with one attached hydrogen (secondary N) is 2. The molecule has 1 amide bonds. The Hall–Kier alpha value is -4.71. The van der Waals surface area contributed by atoms with E-state index >= 15 is 4.39 Å². The number of hydrogen-bond acceptors (Lipinski definition) is 7. The number of hydrogen-bond donors (Lipinski definition) is 2. The van der Waals surface area contributed by atoms with E-state index in [1.807, 2.05) is 0 Å². The van der Waals surface area contributed by atoms with Crippen LogP contribution in [-0.2, 0) is 13.0 Å². The first-order chi connectivity index (χ1) is 19.9. The monoisotopic (exact) mass is 560 g/mol. The number of ether oxygens (including phenoxy) is 1. The Bertz CT molecular complexity index is 1750. The molecule has 1 aliphatic carbocycles. The van der Waals surface area contributed by atoms with Crippen molar-refractivity contribution in [2.45, 2.75) is 44.7 Å². The molecular formula is C29H26F2N6O4. The summed E-state index contributed by atoms with van der Waals surface area (Å²) in [7, 11) is 0. The molecule has 3 heterocycles. The molecule has 2 aromatic heterocycles. The second kappa shape index (κ2) is 11.0. The Labute approximate surface area is 232 Å². The normalized spacial score (nSPS) is 15.0. The standard InChI is InChI=1S/C29H26F2N6O4/c30-17-5-8-20(9-6-17)37-28(39)22(15-36(29(37)40)19-3-1-2-4-19)26(38)35-18-7-10-25(23(31)13-18)41-27-21-11-12-32-14-24(21)33-16-34-27/h5-10,13,15-16,19,32H,1-4,11-12,14H2,(H,35,38). The maximum Gasteiger partial charge on any atom is 0.335 e. The van der Waals surface area contributed by atoms with Gasteiger partial charge in [0.1, 0.15) is 17.7 Å². The van der Waals surface area contributed by atoms with Crippen molar-refractivity contribution in [3.8, 4) is 17.3 Å². The van der Waals surface area contributed by atoms with Gasteiger partial charge in [0, 0.05) is 36.1 Å². The Balaban J connectivity index is 1.30. The lowest BCUT2D eigenvalue weighted by atomic mass is 10.1. The molecule has 210 valence electrons. The van der Waals surface area contributed by atoms with Crippen LogP contribution in [0, 0.1) is 11.6 Å². The molecule has 0 bridgehead atoms. The lowest BCUT2D eigenvalue weighted by Gasteiger charge is -2.18. The summed E-state index contributed by atoms with van der Waals surface area (Å²) in [4.78, 5) is 48.4. The topological polar surface area (TPSA) is 120 Å². The number of anilines is 1. The zero-order chi connectivity index (χ0) is 28.5. The predicted molar refractivity (Wildman–Crippen MR) is 146 cm³/mol. The highest BCUT2D eigenvalue weighted by molar-refractivity contribution is 6.03. The maximum atomic E-state index is 15.1. The first kappa shape index (κ1) is 26.5. The summed E-state index contributed by atoms with van der Waals surface area (Å²) in [5.41, 5.74) is 0.0339. The van der Waals surface area contributed by atoms with Crippen molar-refractivity contribution in [1.82, 2.24) is 24.4 Å². The van der Waals surface area contributed by atoms with Gasteiger partial charge in [0.05, 0.1) is 11.4 Å². The van der Waals surface area contributed by atoms with Crippen molar-refractivity contribution in [3.05, 3.63) is 104 Å². The molecule has 4 aromatic rings. The number of aromatic nitrogens is 4. The minimum atomic E-state index is -0.864. The van der Waals surface area contributed by atoms with Crippen LogP contribution in [-0.4, -0.2) is 31.6 Å². The lowest BCUT2D eigenvalue weighted by molar-refractivity contribution is 0.102. The third-order valence-corrected chi connectivity index (χ3v) is 7.40. The lowest BCUT2D eigenvalue weighted by Crippen LogP contribution is -2.43. The van der Waals surface area contributed by atoms with Crippen LogP contribution >= 0.6 is 0 Å². The quantitative estimate of drug-likeness (QED) is 0.367. The number of fused-ring (bicyclic) bond motifs is 1. The predicted octanol–water partition coefficient (Wildman–Crippen LogP) is 3.87. The van der Waals surface area contributed by atoms with Gasteiger partial charge in [-0.25, -0.2) is 28.1 Å². The van der Waals surface area contributed by atoms with Gasteiger partial charge in [0.25, 0.3) is 11.5 Å². The van der Waals surface area contributed by atoms with Crippen LogP contribution in [0.1, 0.15) is 53.3 Å². The SMILES string of the molecule is O=C(Nc1ccc(Oc2ncnc3c2CCNC3)c(F)c1)c1cn(C2CCCC2)c(=O)n(-c2ccc(F)cc2)c1=O. The Morgan fingerprint density at radius 3 is 2.59 bits per heavy atom. The molecule has 1 fully saturated rings. The Kier molecular flexibility index (Phi) is 7.14. The highest BCUT2D eigenvalue weighted by Gasteiger charge is 2.25. The van der Waals surface area contributed by atoms with Gasteiger partial charge < -0.3 is 15.4 Å². The van der Waals surface area contributed by atoms with E-state index in [-0.39, 0.29) is 34.6 Å². The zero-order valence-electron chi connectivity index (χ0n) is 21.9. The van der Waals surface area contributed by atoms with E-state index in [1.54, 1.807) is 0 Å². The molecule has 41 heavy (non-hydrogen) atoms. The summed E-state index contributed by atoms with van der Waals surface area (Å²) < 4.78 is 36.6. The van der Waals surface area contributed by atoms with Crippen molar-refractivity contribution in [2.75, 3.05) is 11.9 Å². The number of amides is 1. The summed E-state index contributed by atoms with van der Waals surface area (Å²) in [5, 5.41) is 5.75. The number of carbonyl (C=O) groups excluding carboxylic acids is 1. The summed E-state index contributed by atoms with van der Waals surface area (Å²) in [6.07, 6.45) is 6.53. The van der Waals surface area contributed by atoms with Crippen LogP contribution in [0.5, 0.6) is 11.6 Å². The van der Waals surface area contributed by atoms with E-state index in [1.165, 1.54) is 41.4 Å². The van der Waals surface area contributed by atoms with Crippen molar-refractivity contribution in [3.63, 3.8) is 0 Å². The molecular weight excluding hydrogens is 534 g/mol. The summed E-state index contributed by atoms with van der Waals surface area (Å²) >= 11 is 0. The van der Waals surface area contributed by atoms with E-state index < -0.39 is 28.8 Å². The average Bonchev–Trinajstić information content (AvgIpc) is 3.50. The molecule has 10 nitrogen and oxygen atoms in total. The summed E-state index contributed by atoms with van der Waals surface area (Å²) in [6, 6.07) is 8.57. The van der Waals surface area contributed by atoms with E-state index in [0.717, 1.165) is 66.3 Å². The smallest absolute Gasteiger partial charge is 0.335 e. The second-order valence-corrected chi connectivity index (χ2v) is 10.0. The molecule has 1 aliphatic heterocycles. The Morgan fingerprint density at radius 1 is 1.05 bits per heavy atom. The second-order valence-electron chi connectivity index (χ2n) is 10.0. The average molecular weight is 561 g/mol. The van der Waals surface area contributed by atoms with Crippen molar-refractivity contribution < 1.29 is 18.3 Å². The third kappa shape index (κ3) is 5.25. The van der Waals surface area contributed by atoms with Crippen molar-refractivity contribution in [2.24, 2.45) is 0 Å². The number of carbonyl (C=O) groups is 1. The van der Waals surface area contributed by atoms with E-state index in [2.05, 4.69) is 20.6 Å². The highest BCUT2D eigenvalue weighted by Crippen LogP contribution is 2.30. The molecule has 2 aromatic carbocycles. The van der Waals surface area contributed by atoms with Crippen LogP contribution in [0.3, 0.4) is 0 Å². The van der Waals surface area contributed by atoms with Gasteiger partial charge in [0.2, 0.25) is 5.88 Å². The fourth-order valence-corrected chi connectivity index (χ4v) is 5.30. The van der Waals surface area contributed by atoms with Gasteiger partial charge in [-0.3, -0.25) is 14.2 Å². The van der Waals surface area contributed by atoms with Gasteiger partial charge >= 0.3 is 5.69 Å². The van der Waals surface area contributed by atoms with Crippen LogP contribution in [0.2, 0.25) is 0 Å². The van der Waals surface area contributed by atoms with E-state index in [9.17, 15) is 18.8 Å². The van der Waals surface area contributed by atoms with Gasteiger partial charge in [-0.15, -0.1) is 0 Å². The molecule has 0 radical (unpaired) electrons. The molecule has 0 unspecified atom stereocenters. The molecule has 2 N–H and O–H groups in total. The third-order valence-electron chi connectivity index (χ3n) is 7.40. The Morgan fingerprint density at radius 2 is 1.83 bits per heavy atom. The van der Waals surface area contributed by atoms with Crippen LogP contribution < -0.4 is 26.6 Å².